The van der Waals surface area contributed by atoms with Gasteiger partial charge >= 0.3 is 0 Å². The Hall–Kier alpha value is -6.97. The minimum absolute atomic E-state index is 0.246. The van der Waals surface area contributed by atoms with Crippen molar-refractivity contribution in [3.05, 3.63) is 157 Å². The van der Waals surface area contributed by atoms with Crippen LogP contribution in [0, 0.1) is 29.1 Å². The second-order valence-corrected chi connectivity index (χ2v) is 17.4. The molecule has 290 valence electrons. The van der Waals surface area contributed by atoms with Gasteiger partial charge in [-0.2, -0.15) is 5.26 Å². The van der Waals surface area contributed by atoms with Gasteiger partial charge in [-0.05, 0) is 118 Å². The van der Waals surface area contributed by atoms with Crippen LogP contribution in [-0.2, 0) is 5.41 Å². The van der Waals surface area contributed by atoms with E-state index in [-0.39, 0.29) is 5.41 Å². The van der Waals surface area contributed by atoms with Gasteiger partial charge in [0.15, 0.2) is 17.5 Å². The fraction of sp³-hybridized carbons (Fsp3) is 0.204. The molecule has 3 aromatic heterocycles. The molecule has 3 heterocycles. The standard InChI is InChI=1S/C54H43N5O/c1-33-27-36-28-34(2)30-54(29-33,31-36)41-21-19-40(20-22-41)51-57-50(58-52(59-51)47-25-26-56-53-49(47)46-9-5-6-10-48(46)60-53)39-17-15-38(16-18-39)43-24-23-42(44-7-3-4-8-45(43)44)37-13-11-35(32-55)12-14-37/h3-26,33-34,36H,27-31H2,1-2H3/t33-,34+,36-,54?. The molecule has 2 aliphatic carbocycles. The highest BCUT2D eigenvalue weighted by Crippen LogP contribution is 2.54. The molecule has 9 aromatic rings. The van der Waals surface area contributed by atoms with Crippen molar-refractivity contribution in [1.29, 1.82) is 5.26 Å². The highest BCUT2D eigenvalue weighted by atomic mass is 16.3. The van der Waals surface area contributed by atoms with Crippen LogP contribution in [0.3, 0.4) is 0 Å². The molecule has 0 N–H and O–H groups in total. The monoisotopic (exact) mass is 777 g/mol. The first-order chi connectivity index (χ1) is 29.4. The summed E-state index contributed by atoms with van der Waals surface area (Å²) >= 11 is 0. The number of hydrogen-bond donors (Lipinski definition) is 0. The zero-order chi connectivity index (χ0) is 40.4. The Labute approximate surface area is 349 Å². The first-order valence-electron chi connectivity index (χ1n) is 21.2. The van der Waals surface area contributed by atoms with Crippen LogP contribution in [-0.4, -0.2) is 19.9 Å². The van der Waals surface area contributed by atoms with Crippen molar-refractivity contribution < 1.29 is 4.42 Å². The van der Waals surface area contributed by atoms with Gasteiger partial charge in [0.2, 0.25) is 5.71 Å². The molecule has 2 aliphatic rings. The highest BCUT2D eigenvalue weighted by molar-refractivity contribution is 6.10. The number of furan rings is 1. The van der Waals surface area contributed by atoms with Gasteiger partial charge in [-0.15, -0.1) is 0 Å². The Balaban J connectivity index is 1.01. The van der Waals surface area contributed by atoms with E-state index in [1.54, 1.807) is 6.20 Å². The third-order valence-corrected chi connectivity index (χ3v) is 13.2. The Bertz CT molecular complexity index is 3100. The molecule has 0 aliphatic heterocycles. The van der Waals surface area contributed by atoms with E-state index in [1.807, 2.05) is 48.5 Å². The molecule has 2 saturated carbocycles. The zero-order valence-electron chi connectivity index (χ0n) is 33.8. The molecule has 4 atom stereocenters. The number of nitriles is 1. The lowest BCUT2D eigenvalue weighted by molar-refractivity contribution is 0.0780. The lowest BCUT2D eigenvalue weighted by atomic mass is 9.54. The minimum Gasteiger partial charge on any atom is -0.438 e. The third kappa shape index (κ3) is 6.24. The molecule has 0 spiro atoms. The Morgan fingerprint density at radius 2 is 1.08 bits per heavy atom. The van der Waals surface area contributed by atoms with Crippen molar-refractivity contribution in [1.82, 2.24) is 19.9 Å². The molecule has 6 heteroatoms. The summed E-state index contributed by atoms with van der Waals surface area (Å²) in [6.07, 6.45) is 8.31. The van der Waals surface area contributed by atoms with Crippen LogP contribution in [0.25, 0.3) is 89.3 Å². The molecule has 60 heavy (non-hydrogen) atoms. The van der Waals surface area contributed by atoms with Gasteiger partial charge < -0.3 is 4.42 Å². The Kier molecular flexibility index (Phi) is 8.67. The average molecular weight is 778 g/mol. The van der Waals surface area contributed by atoms with Crippen LogP contribution < -0.4 is 0 Å². The molecule has 0 amide bonds. The summed E-state index contributed by atoms with van der Waals surface area (Å²) in [6.45, 7) is 4.89. The van der Waals surface area contributed by atoms with E-state index in [4.69, 9.17) is 19.4 Å². The molecular weight excluding hydrogens is 735 g/mol. The molecule has 2 bridgehead atoms. The fourth-order valence-corrected chi connectivity index (χ4v) is 10.9. The molecule has 1 unspecified atom stereocenters. The van der Waals surface area contributed by atoms with Crippen molar-refractivity contribution in [3.63, 3.8) is 0 Å². The third-order valence-electron chi connectivity index (χ3n) is 13.2. The summed E-state index contributed by atoms with van der Waals surface area (Å²) in [6, 6.07) is 50.6. The summed E-state index contributed by atoms with van der Waals surface area (Å²) < 4.78 is 6.20. The maximum absolute atomic E-state index is 9.34. The molecule has 0 saturated heterocycles. The van der Waals surface area contributed by atoms with E-state index >= 15 is 0 Å². The largest absolute Gasteiger partial charge is 0.438 e. The summed E-state index contributed by atoms with van der Waals surface area (Å²) in [5.74, 6) is 4.14. The van der Waals surface area contributed by atoms with Crippen LogP contribution in [0.4, 0.5) is 0 Å². The van der Waals surface area contributed by atoms with Gasteiger partial charge in [0.1, 0.15) is 5.58 Å². The van der Waals surface area contributed by atoms with Crippen molar-refractivity contribution >= 4 is 32.8 Å². The number of fused-ring (bicyclic) bond motifs is 6. The minimum atomic E-state index is 0.246. The molecule has 11 rings (SSSR count). The fourth-order valence-electron chi connectivity index (χ4n) is 10.9. The van der Waals surface area contributed by atoms with Crippen LogP contribution >= 0.6 is 0 Å². The quantitative estimate of drug-likeness (QED) is 0.167. The zero-order valence-corrected chi connectivity index (χ0v) is 33.8. The number of para-hydroxylation sites is 1. The summed E-state index contributed by atoms with van der Waals surface area (Å²) in [5.41, 5.74) is 10.9. The van der Waals surface area contributed by atoms with E-state index in [0.717, 1.165) is 83.8 Å². The van der Waals surface area contributed by atoms with E-state index in [9.17, 15) is 5.26 Å². The number of pyridine rings is 1. The van der Waals surface area contributed by atoms with Gasteiger partial charge in [-0.3, -0.25) is 0 Å². The first-order valence-corrected chi connectivity index (χ1v) is 21.2. The van der Waals surface area contributed by atoms with Gasteiger partial charge in [0.05, 0.1) is 17.0 Å². The topological polar surface area (TPSA) is 88.5 Å². The SMILES string of the molecule is C[C@@H]1C[C@@H]2C[C@H](C)CC(c3ccc(-c4nc(-c5ccc(-c6ccc(-c7ccc(C#N)cc7)c7ccccc67)cc5)nc(-c5ccnc6oc7ccccc7c56)n4)cc3)(C1)C2. The molecule has 6 aromatic carbocycles. The van der Waals surface area contributed by atoms with Gasteiger partial charge in [0.25, 0.3) is 0 Å². The molecule has 2 fully saturated rings. The summed E-state index contributed by atoms with van der Waals surface area (Å²) in [4.78, 5) is 20.2. The molecule has 0 radical (unpaired) electrons. The first kappa shape index (κ1) is 36.1. The Morgan fingerprint density at radius 1 is 0.550 bits per heavy atom. The lowest BCUT2D eigenvalue weighted by Crippen LogP contribution is -2.42. The van der Waals surface area contributed by atoms with Crippen molar-refractivity contribution in [2.24, 2.45) is 17.8 Å². The predicted octanol–water partition coefficient (Wildman–Crippen LogP) is 13.6. The number of aromatic nitrogens is 4. The van der Waals surface area contributed by atoms with Crippen LogP contribution in [0.15, 0.2) is 150 Å². The van der Waals surface area contributed by atoms with E-state index in [0.29, 0.717) is 28.8 Å². The Morgan fingerprint density at radius 3 is 1.70 bits per heavy atom. The van der Waals surface area contributed by atoms with Crippen LogP contribution in [0.2, 0.25) is 0 Å². The second kappa shape index (κ2) is 14.4. The maximum atomic E-state index is 9.34. The van der Waals surface area contributed by atoms with Crippen LogP contribution in [0.1, 0.15) is 57.1 Å². The maximum Gasteiger partial charge on any atom is 0.228 e. The smallest absolute Gasteiger partial charge is 0.228 e. The van der Waals surface area contributed by atoms with E-state index < -0.39 is 0 Å². The average Bonchev–Trinajstić information content (AvgIpc) is 3.67. The van der Waals surface area contributed by atoms with Crippen molar-refractivity contribution in [2.45, 2.75) is 51.4 Å². The number of benzene rings is 6. The normalized spacial score (nSPS) is 20.1. The van der Waals surface area contributed by atoms with Gasteiger partial charge in [-0.25, -0.2) is 19.9 Å². The van der Waals surface area contributed by atoms with Gasteiger partial charge in [0, 0.05) is 28.3 Å². The van der Waals surface area contributed by atoms with E-state index in [2.05, 4.69) is 116 Å². The summed E-state index contributed by atoms with van der Waals surface area (Å²) in [5, 5.41) is 13.5. The molecule has 6 nitrogen and oxygen atoms in total. The van der Waals surface area contributed by atoms with Gasteiger partial charge in [-0.1, -0.05) is 129 Å². The van der Waals surface area contributed by atoms with Crippen molar-refractivity contribution in [2.75, 3.05) is 0 Å². The predicted molar refractivity (Wildman–Crippen MR) is 241 cm³/mol. The lowest BCUT2D eigenvalue weighted by Gasteiger charge is -2.50. The van der Waals surface area contributed by atoms with E-state index in [1.165, 1.54) is 37.7 Å². The summed E-state index contributed by atoms with van der Waals surface area (Å²) in [7, 11) is 0. The molecular formula is C54H43N5O. The van der Waals surface area contributed by atoms with Crippen LogP contribution in [0.5, 0.6) is 0 Å². The van der Waals surface area contributed by atoms with Crippen molar-refractivity contribution in [3.8, 4) is 62.5 Å². The number of rotatable bonds is 6. The number of nitrogens with zero attached hydrogens (tertiary/aromatic N) is 5. The number of hydrogen-bond acceptors (Lipinski definition) is 6. The highest BCUT2D eigenvalue weighted by Gasteiger charge is 2.45. The second-order valence-electron chi connectivity index (χ2n) is 17.4.